The van der Waals surface area contributed by atoms with Gasteiger partial charge in [-0.25, -0.2) is 4.79 Å². The molecule has 3 rings (SSSR count). The Hall–Kier alpha value is -1.81. The van der Waals surface area contributed by atoms with Gasteiger partial charge in [0.2, 0.25) is 5.91 Å². The zero-order valence-corrected chi connectivity index (χ0v) is 17.9. The molecule has 0 unspecified atom stereocenters. The number of benzene rings is 1. The smallest absolute Gasteiger partial charge is 0.354 e. The summed E-state index contributed by atoms with van der Waals surface area (Å²) in [6, 6.07) is 9.09. The highest BCUT2D eigenvalue weighted by Gasteiger charge is 2.58. The number of carboxylic acid groups (broad SMARTS) is 1. The van der Waals surface area contributed by atoms with Gasteiger partial charge in [-0.2, -0.15) is 0 Å². The van der Waals surface area contributed by atoms with Gasteiger partial charge in [0.05, 0.1) is 22.8 Å². The lowest BCUT2D eigenvalue weighted by atomic mass is 9.90. The van der Waals surface area contributed by atoms with Crippen molar-refractivity contribution >= 4 is 41.2 Å². The number of carboxylic acids is 1. The summed E-state index contributed by atoms with van der Waals surface area (Å²) in [5.41, 5.74) is 0.676. The summed E-state index contributed by atoms with van der Waals surface area (Å²) in [7, 11) is 1.85. The predicted molar refractivity (Wildman–Crippen MR) is 113 cm³/mol. The molecule has 1 saturated heterocycles. The largest absolute Gasteiger partial charge is 0.477 e. The van der Waals surface area contributed by atoms with Crippen molar-refractivity contribution in [3.8, 4) is 0 Å². The average molecular weight is 437 g/mol. The summed E-state index contributed by atoms with van der Waals surface area (Å²) >= 11 is 2.71. The molecule has 3 atom stereocenters. The molecule has 0 aliphatic carbocycles. The van der Waals surface area contributed by atoms with E-state index in [0.29, 0.717) is 28.5 Å². The first kappa shape index (κ1) is 21.9. The SMILES string of the molecule is CC[C@H](O)[C@@H]1C(=O)N2C(C(=O)O)=C(SCCN(C)CC(=O)c3ccccc3)S[C@H]12. The Kier molecular flexibility index (Phi) is 7.05. The van der Waals surface area contributed by atoms with Gasteiger partial charge in [0.15, 0.2) is 11.5 Å². The summed E-state index contributed by atoms with van der Waals surface area (Å²) in [6.45, 7) is 2.67. The van der Waals surface area contributed by atoms with Crippen molar-refractivity contribution in [3.63, 3.8) is 0 Å². The third kappa shape index (κ3) is 4.53. The van der Waals surface area contributed by atoms with Gasteiger partial charge in [-0.1, -0.05) is 49.0 Å². The molecule has 1 amide bonds. The van der Waals surface area contributed by atoms with Crippen LogP contribution in [-0.4, -0.2) is 75.0 Å². The van der Waals surface area contributed by atoms with E-state index in [-0.39, 0.29) is 29.3 Å². The molecule has 1 fully saturated rings. The Balaban J connectivity index is 1.55. The highest BCUT2D eigenvalue weighted by molar-refractivity contribution is 8.22. The topological polar surface area (TPSA) is 98.2 Å². The highest BCUT2D eigenvalue weighted by atomic mass is 32.2. The molecular weight excluding hydrogens is 412 g/mol. The Bertz CT molecular complexity index is 829. The lowest BCUT2D eigenvalue weighted by Crippen LogP contribution is -2.61. The molecule has 2 heterocycles. The maximum Gasteiger partial charge on any atom is 0.354 e. The first-order chi connectivity index (χ1) is 13.8. The lowest BCUT2D eigenvalue weighted by Gasteiger charge is -2.44. The van der Waals surface area contributed by atoms with Crippen molar-refractivity contribution in [3.05, 3.63) is 45.8 Å². The molecule has 0 aromatic heterocycles. The van der Waals surface area contributed by atoms with Gasteiger partial charge in [-0.15, -0.1) is 11.8 Å². The van der Waals surface area contributed by atoms with Gasteiger partial charge in [0, 0.05) is 17.9 Å². The number of hydrogen-bond acceptors (Lipinski definition) is 7. The molecule has 2 N–H and O–H groups in total. The van der Waals surface area contributed by atoms with Gasteiger partial charge in [-0.05, 0) is 13.5 Å². The number of fused-ring (bicyclic) bond motifs is 1. The number of Topliss-reactive ketones (excluding diaryl/α,β-unsaturated/α-hetero) is 1. The van der Waals surface area contributed by atoms with Crippen LogP contribution in [0.4, 0.5) is 0 Å². The summed E-state index contributed by atoms with van der Waals surface area (Å²) in [4.78, 5) is 39.5. The molecule has 2 aliphatic heterocycles. The maximum absolute atomic E-state index is 12.3. The molecule has 2 aliphatic rings. The van der Waals surface area contributed by atoms with E-state index in [0.717, 1.165) is 0 Å². The Morgan fingerprint density at radius 1 is 1.31 bits per heavy atom. The van der Waals surface area contributed by atoms with E-state index in [1.54, 1.807) is 19.1 Å². The van der Waals surface area contributed by atoms with Gasteiger partial charge < -0.3 is 10.2 Å². The number of nitrogens with zero attached hydrogens (tertiary/aromatic N) is 2. The van der Waals surface area contributed by atoms with Crippen molar-refractivity contribution < 1.29 is 24.6 Å². The van der Waals surface area contributed by atoms with E-state index in [4.69, 9.17) is 0 Å². The van der Waals surface area contributed by atoms with Gasteiger partial charge in [0.1, 0.15) is 5.37 Å². The molecule has 29 heavy (non-hydrogen) atoms. The molecule has 9 heteroatoms. The first-order valence-electron chi connectivity index (χ1n) is 9.40. The van der Waals surface area contributed by atoms with Crippen molar-refractivity contribution in [2.24, 2.45) is 5.92 Å². The van der Waals surface area contributed by atoms with E-state index in [1.165, 1.54) is 28.4 Å². The number of rotatable bonds is 10. The van der Waals surface area contributed by atoms with Crippen LogP contribution in [0.25, 0.3) is 0 Å². The summed E-state index contributed by atoms with van der Waals surface area (Å²) in [5, 5.41) is 19.3. The number of carbonyl (C=O) groups excluding carboxylic acids is 2. The van der Waals surface area contributed by atoms with Crippen LogP contribution in [0.2, 0.25) is 0 Å². The van der Waals surface area contributed by atoms with Crippen molar-refractivity contribution in [1.82, 2.24) is 9.80 Å². The number of aliphatic carboxylic acids is 1. The van der Waals surface area contributed by atoms with Crippen molar-refractivity contribution in [2.75, 3.05) is 25.9 Å². The van der Waals surface area contributed by atoms with Gasteiger partial charge in [0.25, 0.3) is 0 Å². The van der Waals surface area contributed by atoms with Gasteiger partial charge in [-0.3, -0.25) is 19.4 Å². The summed E-state index contributed by atoms with van der Waals surface area (Å²) < 4.78 is 0.587. The second kappa shape index (κ2) is 9.34. The molecule has 0 radical (unpaired) electrons. The predicted octanol–water partition coefficient (Wildman–Crippen LogP) is 2.09. The fraction of sp³-hybridized carbons (Fsp3) is 0.450. The van der Waals surface area contributed by atoms with E-state index >= 15 is 0 Å². The van der Waals surface area contributed by atoms with E-state index in [1.807, 2.05) is 30.1 Å². The van der Waals surface area contributed by atoms with E-state index in [2.05, 4.69) is 0 Å². The molecule has 0 bridgehead atoms. The van der Waals surface area contributed by atoms with Crippen LogP contribution >= 0.6 is 23.5 Å². The Morgan fingerprint density at radius 2 is 2.00 bits per heavy atom. The number of hydrogen-bond donors (Lipinski definition) is 2. The van der Waals surface area contributed by atoms with Crippen LogP contribution in [0.5, 0.6) is 0 Å². The summed E-state index contributed by atoms with van der Waals surface area (Å²) in [6.07, 6.45) is -0.308. The zero-order valence-electron chi connectivity index (χ0n) is 16.3. The number of β-lactam (4-membered cyclic amide) rings is 1. The van der Waals surface area contributed by atoms with Crippen LogP contribution in [0, 0.1) is 5.92 Å². The molecular formula is C20H24N2O5S2. The Morgan fingerprint density at radius 3 is 2.62 bits per heavy atom. The van der Waals surface area contributed by atoms with Crippen LogP contribution in [0.3, 0.4) is 0 Å². The molecule has 156 valence electrons. The van der Waals surface area contributed by atoms with Crippen LogP contribution in [0.15, 0.2) is 40.3 Å². The minimum atomic E-state index is -1.13. The molecule has 1 aromatic rings. The second-order valence-electron chi connectivity index (χ2n) is 7.03. The number of amides is 1. The third-order valence-corrected chi connectivity index (χ3v) is 7.63. The number of carbonyl (C=O) groups is 3. The normalized spacial score (nSPS) is 21.9. The fourth-order valence-electron chi connectivity index (χ4n) is 3.35. The number of ketones is 1. The quantitative estimate of drug-likeness (QED) is 0.425. The average Bonchev–Trinajstić information content (AvgIpc) is 3.03. The zero-order chi connectivity index (χ0) is 21.1. The monoisotopic (exact) mass is 436 g/mol. The molecule has 1 aromatic carbocycles. The fourth-order valence-corrected chi connectivity index (χ4v) is 6.35. The molecule has 7 nitrogen and oxygen atoms in total. The van der Waals surface area contributed by atoms with Crippen molar-refractivity contribution in [2.45, 2.75) is 24.8 Å². The number of likely N-dealkylation sites (N-methyl/N-ethyl adjacent to an activating group) is 1. The highest BCUT2D eigenvalue weighted by Crippen LogP contribution is 2.53. The van der Waals surface area contributed by atoms with Crippen LogP contribution < -0.4 is 0 Å². The van der Waals surface area contributed by atoms with E-state index < -0.39 is 18.0 Å². The minimum absolute atomic E-state index is 0.0116. The number of thioether (sulfide) groups is 2. The maximum atomic E-state index is 12.3. The van der Waals surface area contributed by atoms with Crippen LogP contribution in [0.1, 0.15) is 23.7 Å². The van der Waals surface area contributed by atoms with Crippen molar-refractivity contribution in [1.29, 1.82) is 0 Å². The first-order valence-corrected chi connectivity index (χ1v) is 11.3. The summed E-state index contributed by atoms with van der Waals surface area (Å²) in [5.74, 6) is -1.38. The Labute approximate surface area is 178 Å². The van der Waals surface area contributed by atoms with Crippen LogP contribution in [-0.2, 0) is 9.59 Å². The minimum Gasteiger partial charge on any atom is -0.477 e. The number of aliphatic hydroxyl groups excluding tert-OH is 1. The lowest BCUT2D eigenvalue weighted by molar-refractivity contribution is -0.157. The van der Waals surface area contributed by atoms with E-state index in [9.17, 15) is 24.6 Å². The second-order valence-corrected chi connectivity index (χ2v) is 9.53. The van der Waals surface area contributed by atoms with Gasteiger partial charge >= 0.3 is 5.97 Å². The molecule has 0 saturated carbocycles. The molecule has 0 spiro atoms. The number of aliphatic hydroxyl groups is 1. The third-order valence-electron chi connectivity index (χ3n) is 5.00. The standard InChI is InChI=1S/C20H24N2O5S2/c1-3-13(23)15-17(25)22-16(19(26)27)20(29-18(15)22)28-10-9-21(2)11-14(24)12-7-5-4-6-8-12/h4-8,13,15,18,23H,3,9-11H2,1-2H3,(H,26,27)/t13-,15+,18+/m0/s1.